The van der Waals surface area contributed by atoms with Crippen molar-refractivity contribution in [3.8, 4) is 11.4 Å². The zero-order chi connectivity index (χ0) is 22.8. The second kappa shape index (κ2) is 9.29. The van der Waals surface area contributed by atoms with Gasteiger partial charge in [-0.1, -0.05) is 29.4 Å². The first-order valence-corrected chi connectivity index (χ1v) is 11.9. The van der Waals surface area contributed by atoms with E-state index in [1.807, 2.05) is 52.1 Å². The minimum atomic E-state index is -0.275. The molecule has 1 unspecified atom stereocenters. The topological polar surface area (TPSA) is 82.8 Å². The highest BCUT2D eigenvalue weighted by Crippen LogP contribution is 2.33. The van der Waals surface area contributed by atoms with Crippen LogP contribution in [0.5, 0.6) is 0 Å². The Hall–Kier alpha value is -3.30. The van der Waals surface area contributed by atoms with Crippen LogP contribution in [0.15, 0.2) is 51.8 Å². The van der Waals surface area contributed by atoms with Gasteiger partial charge in [0.15, 0.2) is 0 Å². The molecule has 0 aliphatic carbocycles. The Kier molecular flexibility index (Phi) is 6.06. The van der Waals surface area contributed by atoms with Crippen molar-refractivity contribution in [1.82, 2.24) is 24.8 Å². The summed E-state index contributed by atoms with van der Waals surface area (Å²) in [4.78, 5) is 35.6. The lowest BCUT2D eigenvalue weighted by Crippen LogP contribution is -2.49. The van der Waals surface area contributed by atoms with Crippen molar-refractivity contribution in [3.05, 3.63) is 64.3 Å². The van der Waals surface area contributed by atoms with Crippen LogP contribution in [0.3, 0.4) is 0 Å². The molecule has 9 heteroatoms. The van der Waals surface area contributed by atoms with Crippen molar-refractivity contribution >= 4 is 29.2 Å². The van der Waals surface area contributed by atoms with Crippen LogP contribution in [0.1, 0.15) is 36.4 Å². The van der Waals surface area contributed by atoms with E-state index in [0.717, 1.165) is 29.8 Å². The number of aromatic nitrogens is 2. The fourth-order valence-electron chi connectivity index (χ4n) is 4.38. The largest absolute Gasteiger partial charge is 0.340 e. The summed E-state index contributed by atoms with van der Waals surface area (Å²) in [6, 6.07) is 9.63. The lowest BCUT2D eigenvalue weighted by molar-refractivity contribution is -0.136. The van der Waals surface area contributed by atoms with Gasteiger partial charge >= 0.3 is 0 Å². The first-order chi connectivity index (χ1) is 16.1. The number of carbonyl (C=O) groups is 2. The Morgan fingerprint density at radius 1 is 1.15 bits per heavy atom. The summed E-state index contributed by atoms with van der Waals surface area (Å²) in [5, 5.41) is 8.04. The van der Waals surface area contributed by atoms with Crippen molar-refractivity contribution in [3.63, 3.8) is 0 Å². The number of piperazine rings is 1. The molecule has 0 spiro atoms. The standard InChI is InChI=1S/C24H25N5O3S/c1-17(30)29-8-6-18-4-2-3-5-20(18)21(29)14-23(31)28-11-9-27(10-12-28)15-22-25-24(26-32-22)19-7-13-33-16-19/h2-8,13,16,21H,9-12,14-15H2,1H3. The number of amides is 2. The van der Waals surface area contributed by atoms with E-state index < -0.39 is 0 Å². The Balaban J connectivity index is 1.18. The molecule has 170 valence electrons. The third-order valence-corrected chi connectivity index (χ3v) is 6.85. The lowest BCUT2D eigenvalue weighted by Gasteiger charge is -2.37. The molecular weight excluding hydrogens is 438 g/mol. The number of benzene rings is 1. The second-order valence-corrected chi connectivity index (χ2v) is 9.05. The van der Waals surface area contributed by atoms with Crippen LogP contribution in [0.4, 0.5) is 0 Å². The zero-order valence-electron chi connectivity index (χ0n) is 18.4. The van der Waals surface area contributed by atoms with Crippen LogP contribution in [-0.2, 0) is 16.1 Å². The predicted molar refractivity (Wildman–Crippen MR) is 125 cm³/mol. The molecule has 3 aromatic rings. The van der Waals surface area contributed by atoms with E-state index in [2.05, 4.69) is 15.0 Å². The smallest absolute Gasteiger partial charge is 0.241 e. The van der Waals surface area contributed by atoms with Gasteiger partial charge in [-0.3, -0.25) is 14.5 Å². The maximum absolute atomic E-state index is 13.1. The predicted octanol–water partition coefficient (Wildman–Crippen LogP) is 3.41. The Morgan fingerprint density at radius 3 is 2.73 bits per heavy atom. The molecule has 2 aromatic heterocycles. The average Bonchev–Trinajstić information content (AvgIpc) is 3.52. The molecule has 2 aliphatic heterocycles. The summed E-state index contributed by atoms with van der Waals surface area (Å²) in [5.74, 6) is 1.19. The average molecular weight is 464 g/mol. The van der Waals surface area contributed by atoms with Crippen molar-refractivity contribution in [2.75, 3.05) is 26.2 Å². The molecule has 1 saturated heterocycles. The van der Waals surface area contributed by atoms with Gasteiger partial charge in [0.05, 0.1) is 19.0 Å². The van der Waals surface area contributed by atoms with E-state index >= 15 is 0 Å². The first kappa shape index (κ1) is 21.5. The summed E-state index contributed by atoms with van der Waals surface area (Å²) in [6.45, 7) is 4.84. The summed E-state index contributed by atoms with van der Waals surface area (Å²) in [6.07, 6.45) is 3.99. The highest BCUT2D eigenvalue weighted by molar-refractivity contribution is 7.08. The highest BCUT2D eigenvalue weighted by atomic mass is 32.1. The maximum Gasteiger partial charge on any atom is 0.241 e. The van der Waals surface area contributed by atoms with Crippen molar-refractivity contribution in [2.45, 2.75) is 25.9 Å². The summed E-state index contributed by atoms with van der Waals surface area (Å²) in [5.41, 5.74) is 3.03. The van der Waals surface area contributed by atoms with Gasteiger partial charge in [-0.2, -0.15) is 16.3 Å². The number of hydrogen-bond acceptors (Lipinski definition) is 7. The van der Waals surface area contributed by atoms with Gasteiger partial charge in [-0.25, -0.2) is 0 Å². The van der Waals surface area contributed by atoms with E-state index in [4.69, 9.17) is 4.52 Å². The molecule has 33 heavy (non-hydrogen) atoms. The molecule has 0 saturated carbocycles. The molecule has 0 N–H and O–H groups in total. The quantitative estimate of drug-likeness (QED) is 0.577. The molecule has 0 radical (unpaired) electrons. The Labute approximate surface area is 196 Å². The molecule has 0 bridgehead atoms. The SMILES string of the molecule is CC(=O)N1C=Cc2ccccc2C1CC(=O)N1CCN(Cc2nc(-c3ccsc3)no2)CC1. The van der Waals surface area contributed by atoms with Gasteiger partial charge in [0.1, 0.15) is 0 Å². The van der Waals surface area contributed by atoms with E-state index in [9.17, 15) is 9.59 Å². The minimum Gasteiger partial charge on any atom is -0.340 e. The normalized spacial score (nSPS) is 18.4. The number of rotatable bonds is 5. The minimum absolute atomic E-state index is 0.0635. The van der Waals surface area contributed by atoms with Gasteiger partial charge in [-0.15, -0.1) is 0 Å². The Morgan fingerprint density at radius 2 is 1.97 bits per heavy atom. The van der Waals surface area contributed by atoms with Gasteiger partial charge in [0.2, 0.25) is 23.5 Å². The molecule has 1 atom stereocenters. The third-order valence-electron chi connectivity index (χ3n) is 6.17. The molecule has 1 aromatic carbocycles. The number of nitrogens with zero attached hydrogens (tertiary/aromatic N) is 5. The molecule has 1 fully saturated rings. The van der Waals surface area contributed by atoms with Crippen molar-refractivity contribution in [1.29, 1.82) is 0 Å². The van der Waals surface area contributed by atoms with Crippen molar-refractivity contribution in [2.24, 2.45) is 0 Å². The summed E-state index contributed by atoms with van der Waals surface area (Å²) < 4.78 is 5.41. The van der Waals surface area contributed by atoms with Crippen LogP contribution in [-0.4, -0.2) is 62.8 Å². The molecular formula is C24H25N5O3S. The number of thiophene rings is 1. The molecule has 8 nitrogen and oxygen atoms in total. The monoisotopic (exact) mass is 463 g/mol. The fourth-order valence-corrected chi connectivity index (χ4v) is 5.02. The van der Waals surface area contributed by atoms with E-state index in [1.165, 1.54) is 6.92 Å². The van der Waals surface area contributed by atoms with Crippen molar-refractivity contribution < 1.29 is 14.1 Å². The van der Waals surface area contributed by atoms with Crippen LogP contribution in [0, 0.1) is 0 Å². The number of hydrogen-bond donors (Lipinski definition) is 0. The lowest BCUT2D eigenvalue weighted by atomic mass is 9.93. The summed E-state index contributed by atoms with van der Waals surface area (Å²) in [7, 11) is 0. The van der Waals surface area contributed by atoms with Gasteiger partial charge in [0.25, 0.3) is 0 Å². The third kappa shape index (κ3) is 4.60. The van der Waals surface area contributed by atoms with Gasteiger partial charge in [-0.05, 0) is 28.6 Å². The molecule has 5 rings (SSSR count). The number of fused-ring (bicyclic) bond motifs is 1. The number of carbonyl (C=O) groups excluding carboxylic acids is 2. The van der Waals surface area contributed by atoms with Crippen LogP contribution in [0.2, 0.25) is 0 Å². The second-order valence-electron chi connectivity index (χ2n) is 8.27. The fraction of sp³-hybridized carbons (Fsp3) is 0.333. The zero-order valence-corrected chi connectivity index (χ0v) is 19.2. The van der Waals surface area contributed by atoms with E-state index in [0.29, 0.717) is 31.3 Å². The van der Waals surface area contributed by atoms with Crippen LogP contribution >= 0.6 is 11.3 Å². The van der Waals surface area contributed by atoms with Crippen LogP contribution < -0.4 is 0 Å². The molecule has 2 aliphatic rings. The van der Waals surface area contributed by atoms with E-state index in [-0.39, 0.29) is 24.3 Å². The van der Waals surface area contributed by atoms with Gasteiger partial charge < -0.3 is 14.3 Å². The van der Waals surface area contributed by atoms with E-state index in [1.54, 1.807) is 22.4 Å². The van der Waals surface area contributed by atoms with Gasteiger partial charge in [0, 0.05) is 50.2 Å². The van der Waals surface area contributed by atoms with Crippen LogP contribution in [0.25, 0.3) is 17.5 Å². The molecule has 2 amide bonds. The maximum atomic E-state index is 13.1. The summed E-state index contributed by atoms with van der Waals surface area (Å²) >= 11 is 1.60. The Bertz CT molecular complexity index is 1160. The molecule has 4 heterocycles. The highest BCUT2D eigenvalue weighted by Gasteiger charge is 2.31. The first-order valence-electron chi connectivity index (χ1n) is 11.0.